The van der Waals surface area contributed by atoms with Crippen molar-refractivity contribution < 1.29 is 32.9 Å². The van der Waals surface area contributed by atoms with Crippen LogP contribution in [0.5, 0.6) is 23.0 Å². The van der Waals surface area contributed by atoms with Gasteiger partial charge in [0, 0.05) is 0 Å². The summed E-state index contributed by atoms with van der Waals surface area (Å²) in [7, 11) is 4.25. The summed E-state index contributed by atoms with van der Waals surface area (Å²) in [5.41, 5.74) is 4.60. The number of carbonyl (C=O) groups excluding carboxylic acids is 2. The van der Waals surface area contributed by atoms with Crippen LogP contribution >= 0.6 is 0 Å². The second kappa shape index (κ2) is 9.27. The molecule has 0 bridgehead atoms. The molecule has 0 aliphatic rings. The Morgan fingerprint density at radius 2 is 1.56 bits per heavy atom. The van der Waals surface area contributed by atoms with E-state index in [2.05, 4.69) is 10.9 Å². The predicted molar refractivity (Wildman–Crippen MR) is 93.6 cm³/mol. The molecule has 9 heteroatoms. The standard InChI is InChI=1S/C18H19FN2O6/c1-24-14-9-8-13(16(25-2)17(14)26-3)18(23)21-20-15(22)10-27-12-6-4-11(19)5-7-12/h4-9H,10H2,1-3H3,(H,20,22)(H,21,23). The highest BCUT2D eigenvalue weighted by molar-refractivity contribution is 5.99. The number of methoxy groups -OCH3 is 3. The number of rotatable bonds is 7. The quantitative estimate of drug-likeness (QED) is 0.712. The third-order valence-corrected chi connectivity index (χ3v) is 3.45. The number of nitrogens with one attached hydrogen (secondary N) is 2. The summed E-state index contributed by atoms with van der Waals surface area (Å²) in [6.07, 6.45) is 0. The Labute approximate surface area is 155 Å². The Bertz CT molecular complexity index is 810. The number of carbonyl (C=O) groups is 2. The molecule has 0 aliphatic carbocycles. The molecular weight excluding hydrogens is 359 g/mol. The van der Waals surface area contributed by atoms with Crippen LogP contribution in [0.1, 0.15) is 10.4 Å². The Balaban J connectivity index is 1.96. The van der Waals surface area contributed by atoms with Crippen molar-refractivity contribution in [3.63, 3.8) is 0 Å². The molecule has 2 aromatic carbocycles. The van der Waals surface area contributed by atoms with Crippen molar-refractivity contribution >= 4 is 11.8 Å². The molecule has 0 saturated heterocycles. The zero-order valence-corrected chi connectivity index (χ0v) is 15.0. The molecule has 0 unspecified atom stereocenters. The van der Waals surface area contributed by atoms with Gasteiger partial charge in [-0.3, -0.25) is 20.4 Å². The number of hydrazine groups is 1. The molecule has 0 aliphatic heterocycles. The van der Waals surface area contributed by atoms with E-state index in [4.69, 9.17) is 18.9 Å². The summed E-state index contributed by atoms with van der Waals surface area (Å²) >= 11 is 0. The molecule has 0 atom stereocenters. The van der Waals surface area contributed by atoms with Gasteiger partial charge in [-0.1, -0.05) is 0 Å². The highest BCUT2D eigenvalue weighted by Gasteiger charge is 2.21. The van der Waals surface area contributed by atoms with Crippen molar-refractivity contribution in [2.45, 2.75) is 0 Å². The van der Waals surface area contributed by atoms with E-state index in [0.29, 0.717) is 11.5 Å². The number of benzene rings is 2. The fourth-order valence-electron chi connectivity index (χ4n) is 2.19. The van der Waals surface area contributed by atoms with Gasteiger partial charge in [-0.15, -0.1) is 0 Å². The Morgan fingerprint density at radius 1 is 0.889 bits per heavy atom. The van der Waals surface area contributed by atoms with Crippen molar-refractivity contribution in [3.8, 4) is 23.0 Å². The number of hydrogen-bond donors (Lipinski definition) is 2. The topological polar surface area (TPSA) is 95.1 Å². The molecule has 0 saturated carbocycles. The van der Waals surface area contributed by atoms with Gasteiger partial charge in [0.15, 0.2) is 18.1 Å². The highest BCUT2D eigenvalue weighted by Crippen LogP contribution is 2.39. The summed E-state index contributed by atoms with van der Waals surface area (Å²) in [5, 5.41) is 0. The average Bonchev–Trinajstić information content (AvgIpc) is 2.70. The molecule has 0 radical (unpaired) electrons. The van der Waals surface area contributed by atoms with Crippen LogP contribution in [0, 0.1) is 5.82 Å². The van der Waals surface area contributed by atoms with Crippen molar-refractivity contribution in [3.05, 3.63) is 47.8 Å². The van der Waals surface area contributed by atoms with Crippen LogP contribution in [0.3, 0.4) is 0 Å². The summed E-state index contributed by atoms with van der Waals surface area (Å²) in [5.74, 6) is -0.523. The maximum Gasteiger partial charge on any atom is 0.276 e. The molecule has 0 aromatic heterocycles. The summed E-state index contributed by atoms with van der Waals surface area (Å²) in [6.45, 7) is -0.366. The molecule has 0 spiro atoms. The lowest BCUT2D eigenvalue weighted by molar-refractivity contribution is -0.123. The summed E-state index contributed by atoms with van der Waals surface area (Å²) < 4.78 is 33.6. The fourth-order valence-corrected chi connectivity index (χ4v) is 2.19. The van der Waals surface area contributed by atoms with Crippen molar-refractivity contribution in [2.24, 2.45) is 0 Å². The number of hydrogen-bond acceptors (Lipinski definition) is 6. The molecule has 27 heavy (non-hydrogen) atoms. The lowest BCUT2D eigenvalue weighted by Gasteiger charge is -2.15. The highest BCUT2D eigenvalue weighted by atomic mass is 19.1. The minimum Gasteiger partial charge on any atom is -0.493 e. The third-order valence-electron chi connectivity index (χ3n) is 3.45. The van der Waals surface area contributed by atoms with E-state index in [0.717, 1.165) is 0 Å². The van der Waals surface area contributed by atoms with Crippen LogP contribution in [-0.4, -0.2) is 39.8 Å². The van der Waals surface area contributed by atoms with E-state index in [-0.39, 0.29) is 23.7 Å². The SMILES string of the molecule is COc1ccc(C(=O)NNC(=O)COc2ccc(F)cc2)c(OC)c1OC. The van der Waals surface area contributed by atoms with Gasteiger partial charge in [-0.05, 0) is 36.4 Å². The molecule has 2 N–H and O–H groups in total. The summed E-state index contributed by atoms with van der Waals surface area (Å²) in [4.78, 5) is 24.1. The first kappa shape index (κ1) is 19.8. The Hall–Kier alpha value is -3.49. The maximum absolute atomic E-state index is 12.8. The zero-order valence-electron chi connectivity index (χ0n) is 15.0. The van der Waals surface area contributed by atoms with E-state index in [1.54, 1.807) is 0 Å². The molecule has 2 amide bonds. The molecule has 2 aromatic rings. The van der Waals surface area contributed by atoms with Crippen molar-refractivity contribution in [1.29, 1.82) is 0 Å². The molecular formula is C18H19FN2O6. The van der Waals surface area contributed by atoms with E-state index in [9.17, 15) is 14.0 Å². The van der Waals surface area contributed by atoms with Gasteiger partial charge >= 0.3 is 0 Å². The van der Waals surface area contributed by atoms with Crippen molar-refractivity contribution in [1.82, 2.24) is 10.9 Å². The van der Waals surface area contributed by atoms with Crippen LogP contribution in [0.25, 0.3) is 0 Å². The normalized spacial score (nSPS) is 9.93. The molecule has 144 valence electrons. The number of amides is 2. The molecule has 8 nitrogen and oxygen atoms in total. The van der Waals surface area contributed by atoms with Gasteiger partial charge in [-0.2, -0.15) is 0 Å². The van der Waals surface area contributed by atoms with E-state index in [1.165, 1.54) is 57.7 Å². The van der Waals surface area contributed by atoms with Gasteiger partial charge in [-0.25, -0.2) is 4.39 Å². The van der Waals surface area contributed by atoms with Gasteiger partial charge in [0.2, 0.25) is 5.75 Å². The zero-order chi connectivity index (χ0) is 19.8. The second-order valence-corrected chi connectivity index (χ2v) is 5.13. The van der Waals surface area contributed by atoms with Crippen LogP contribution < -0.4 is 29.8 Å². The fraction of sp³-hybridized carbons (Fsp3) is 0.222. The lowest BCUT2D eigenvalue weighted by Crippen LogP contribution is -2.43. The molecule has 2 rings (SSSR count). The molecule has 0 fully saturated rings. The third kappa shape index (κ3) is 5.00. The largest absolute Gasteiger partial charge is 0.493 e. The molecule has 0 heterocycles. The first-order chi connectivity index (χ1) is 13.0. The van der Waals surface area contributed by atoms with Gasteiger partial charge in [0.05, 0.1) is 26.9 Å². The van der Waals surface area contributed by atoms with Gasteiger partial charge < -0.3 is 18.9 Å². The first-order valence-electron chi connectivity index (χ1n) is 7.76. The predicted octanol–water partition coefficient (Wildman–Crippen LogP) is 1.69. The van der Waals surface area contributed by atoms with Gasteiger partial charge in [0.25, 0.3) is 11.8 Å². The minimum atomic E-state index is -0.622. The Morgan fingerprint density at radius 3 is 2.15 bits per heavy atom. The first-order valence-corrected chi connectivity index (χ1v) is 7.76. The van der Waals surface area contributed by atoms with E-state index >= 15 is 0 Å². The number of ether oxygens (including phenoxy) is 4. The lowest BCUT2D eigenvalue weighted by atomic mass is 10.1. The second-order valence-electron chi connectivity index (χ2n) is 5.13. The van der Waals surface area contributed by atoms with Crippen molar-refractivity contribution in [2.75, 3.05) is 27.9 Å². The van der Waals surface area contributed by atoms with Crippen LogP contribution in [0.15, 0.2) is 36.4 Å². The smallest absolute Gasteiger partial charge is 0.276 e. The maximum atomic E-state index is 12.8. The summed E-state index contributed by atoms with van der Waals surface area (Å²) in [6, 6.07) is 8.19. The van der Waals surface area contributed by atoms with Crippen LogP contribution in [0.2, 0.25) is 0 Å². The number of halogens is 1. The Kier molecular flexibility index (Phi) is 6.81. The van der Waals surface area contributed by atoms with Gasteiger partial charge in [0.1, 0.15) is 11.6 Å². The van der Waals surface area contributed by atoms with Crippen LogP contribution in [0.4, 0.5) is 4.39 Å². The minimum absolute atomic E-state index is 0.134. The van der Waals surface area contributed by atoms with E-state index < -0.39 is 17.6 Å². The average molecular weight is 378 g/mol. The van der Waals surface area contributed by atoms with E-state index in [1.807, 2.05) is 0 Å². The van der Waals surface area contributed by atoms with Crippen LogP contribution in [-0.2, 0) is 4.79 Å². The monoisotopic (exact) mass is 378 g/mol.